The summed E-state index contributed by atoms with van der Waals surface area (Å²) in [6, 6.07) is 2.31. The number of rotatable bonds is 2. The van der Waals surface area contributed by atoms with Crippen LogP contribution in [0.3, 0.4) is 0 Å². The van der Waals surface area contributed by atoms with E-state index in [2.05, 4.69) is 0 Å². The van der Waals surface area contributed by atoms with Gasteiger partial charge in [0.05, 0.1) is 7.11 Å². The van der Waals surface area contributed by atoms with E-state index in [1.807, 2.05) is 13.8 Å². The Morgan fingerprint density at radius 3 is 2.33 bits per heavy atom. The molecule has 0 amide bonds. The lowest BCUT2D eigenvalue weighted by Crippen LogP contribution is -2.02. The minimum absolute atomic E-state index is 0.161. The normalized spacial score (nSPS) is 8.87. The van der Waals surface area contributed by atoms with Crippen LogP contribution in [0.2, 0.25) is 0 Å². The predicted molar refractivity (Wildman–Crippen MR) is 56.0 cm³/mol. The van der Waals surface area contributed by atoms with Crippen LogP contribution in [0.1, 0.15) is 29.8 Å². The van der Waals surface area contributed by atoms with Crippen LogP contribution in [-0.2, 0) is 0 Å². The fourth-order valence-corrected chi connectivity index (χ4v) is 0.991. The molecule has 0 aromatic heterocycles. The van der Waals surface area contributed by atoms with Crippen LogP contribution in [0.25, 0.3) is 0 Å². The Morgan fingerprint density at radius 1 is 1.40 bits per heavy atom. The van der Waals surface area contributed by atoms with E-state index in [4.69, 9.17) is 9.84 Å². The van der Waals surface area contributed by atoms with Crippen LogP contribution in [0.15, 0.2) is 12.1 Å². The molecular weight excluding hydrogens is 199 g/mol. The first kappa shape index (κ1) is 13.4. The van der Waals surface area contributed by atoms with Crippen LogP contribution in [0.5, 0.6) is 5.75 Å². The van der Waals surface area contributed by atoms with Gasteiger partial charge in [-0.1, -0.05) is 13.8 Å². The smallest absolute Gasteiger partial charge is 0.339 e. The van der Waals surface area contributed by atoms with Crippen molar-refractivity contribution in [2.75, 3.05) is 7.11 Å². The number of ether oxygens (including phenoxy) is 1. The highest BCUT2D eigenvalue weighted by Crippen LogP contribution is 2.22. The second-order valence-corrected chi connectivity index (χ2v) is 2.61. The molecule has 0 atom stereocenters. The van der Waals surface area contributed by atoms with Crippen LogP contribution in [0, 0.1) is 12.7 Å². The average molecular weight is 214 g/mol. The number of hydrogen-bond acceptors (Lipinski definition) is 2. The summed E-state index contributed by atoms with van der Waals surface area (Å²) in [6.07, 6.45) is 0. The van der Waals surface area contributed by atoms with Gasteiger partial charge in [-0.3, -0.25) is 0 Å². The zero-order chi connectivity index (χ0) is 12.0. The van der Waals surface area contributed by atoms with E-state index in [0.717, 1.165) is 6.07 Å². The van der Waals surface area contributed by atoms with Crippen molar-refractivity contribution < 1.29 is 19.0 Å². The van der Waals surface area contributed by atoms with Crippen LogP contribution in [0.4, 0.5) is 4.39 Å². The summed E-state index contributed by atoms with van der Waals surface area (Å²) in [6.45, 7) is 5.55. The van der Waals surface area contributed by atoms with Gasteiger partial charge >= 0.3 is 5.97 Å². The van der Waals surface area contributed by atoms with E-state index in [1.165, 1.54) is 13.2 Å². The van der Waals surface area contributed by atoms with Crippen molar-refractivity contribution in [1.29, 1.82) is 0 Å². The molecule has 1 N–H and O–H groups in total. The lowest BCUT2D eigenvalue weighted by Gasteiger charge is -2.06. The van der Waals surface area contributed by atoms with E-state index in [1.54, 1.807) is 6.92 Å². The number of carboxylic acids is 1. The van der Waals surface area contributed by atoms with Crippen molar-refractivity contribution in [3.63, 3.8) is 0 Å². The maximum atomic E-state index is 12.9. The fraction of sp³-hybridized carbons (Fsp3) is 0.364. The molecule has 0 aliphatic heterocycles. The Balaban J connectivity index is 0.000000921. The Morgan fingerprint density at radius 2 is 1.93 bits per heavy atom. The van der Waals surface area contributed by atoms with Crippen LogP contribution in [-0.4, -0.2) is 18.2 Å². The predicted octanol–water partition coefficient (Wildman–Crippen LogP) is 2.87. The highest BCUT2D eigenvalue weighted by atomic mass is 19.1. The highest BCUT2D eigenvalue weighted by Gasteiger charge is 2.13. The van der Waals surface area contributed by atoms with Crippen molar-refractivity contribution in [1.82, 2.24) is 0 Å². The summed E-state index contributed by atoms with van der Waals surface area (Å²) in [5.74, 6) is -1.57. The monoisotopic (exact) mass is 214 g/mol. The zero-order valence-electron chi connectivity index (χ0n) is 9.30. The molecule has 0 saturated heterocycles. The maximum absolute atomic E-state index is 12.9. The third kappa shape index (κ3) is 3.23. The molecule has 15 heavy (non-hydrogen) atoms. The summed E-state index contributed by atoms with van der Waals surface area (Å²) in [4.78, 5) is 10.6. The van der Waals surface area contributed by atoms with Gasteiger partial charge in [0.15, 0.2) is 0 Å². The number of methoxy groups -OCH3 is 1. The van der Waals surface area contributed by atoms with Gasteiger partial charge in [0.25, 0.3) is 0 Å². The first-order valence-electron chi connectivity index (χ1n) is 4.63. The van der Waals surface area contributed by atoms with Gasteiger partial charge in [-0.15, -0.1) is 0 Å². The number of hydrogen-bond donors (Lipinski definition) is 1. The van der Waals surface area contributed by atoms with Crippen molar-refractivity contribution in [3.8, 4) is 5.75 Å². The Hall–Kier alpha value is -1.58. The molecule has 0 aliphatic carbocycles. The van der Waals surface area contributed by atoms with Gasteiger partial charge in [0.2, 0.25) is 0 Å². The topological polar surface area (TPSA) is 46.5 Å². The second kappa shape index (κ2) is 6.01. The highest BCUT2D eigenvalue weighted by molar-refractivity contribution is 5.91. The third-order valence-corrected chi connectivity index (χ3v) is 1.71. The van der Waals surface area contributed by atoms with Crippen molar-refractivity contribution in [3.05, 3.63) is 29.1 Å². The summed E-state index contributed by atoms with van der Waals surface area (Å²) in [5.41, 5.74) is 0.201. The summed E-state index contributed by atoms with van der Waals surface area (Å²) < 4.78 is 17.7. The third-order valence-electron chi connectivity index (χ3n) is 1.71. The lowest BCUT2D eigenvalue weighted by atomic mass is 10.1. The molecule has 3 nitrogen and oxygen atoms in total. The van der Waals surface area contributed by atoms with Gasteiger partial charge < -0.3 is 9.84 Å². The van der Waals surface area contributed by atoms with Gasteiger partial charge in [-0.2, -0.15) is 0 Å². The molecule has 0 saturated carbocycles. The zero-order valence-corrected chi connectivity index (χ0v) is 9.30. The minimum Gasteiger partial charge on any atom is -0.496 e. The molecule has 0 radical (unpaired) electrons. The number of carboxylic acid groups (broad SMARTS) is 1. The molecule has 0 aliphatic rings. The molecule has 0 heterocycles. The molecule has 0 spiro atoms. The van der Waals surface area contributed by atoms with Crippen molar-refractivity contribution >= 4 is 5.97 Å². The van der Waals surface area contributed by atoms with Crippen molar-refractivity contribution in [2.45, 2.75) is 20.8 Å². The Labute approximate surface area is 88.5 Å². The molecule has 1 aromatic rings. The lowest BCUT2D eigenvalue weighted by molar-refractivity contribution is 0.0692. The molecule has 84 valence electrons. The largest absolute Gasteiger partial charge is 0.496 e. The number of aromatic carboxylic acids is 1. The SMILES string of the molecule is CC.COc1cc(C)c(F)cc1C(=O)O. The van der Waals surface area contributed by atoms with E-state index >= 15 is 0 Å². The number of aryl methyl sites for hydroxylation is 1. The standard InChI is InChI=1S/C9H9FO3.C2H6/c1-5-3-8(13-2)6(9(11)12)4-7(5)10;1-2/h3-4H,1-2H3,(H,11,12);1-2H3. The number of carbonyl (C=O) groups is 1. The Kier molecular flexibility index (Phi) is 5.37. The van der Waals surface area contributed by atoms with Gasteiger partial charge in [0.1, 0.15) is 17.1 Å². The average Bonchev–Trinajstić information content (AvgIpc) is 2.24. The van der Waals surface area contributed by atoms with E-state index in [-0.39, 0.29) is 11.3 Å². The van der Waals surface area contributed by atoms with Crippen LogP contribution < -0.4 is 4.74 Å². The summed E-state index contributed by atoms with van der Waals surface area (Å²) in [7, 11) is 1.35. The Bertz CT molecular complexity index is 348. The van der Waals surface area contributed by atoms with Crippen molar-refractivity contribution in [2.24, 2.45) is 0 Å². The van der Waals surface area contributed by atoms with E-state index < -0.39 is 11.8 Å². The number of benzene rings is 1. The first-order chi connectivity index (χ1) is 7.06. The maximum Gasteiger partial charge on any atom is 0.339 e. The van der Waals surface area contributed by atoms with Crippen LogP contribution >= 0.6 is 0 Å². The quantitative estimate of drug-likeness (QED) is 0.823. The minimum atomic E-state index is -1.20. The van der Waals surface area contributed by atoms with Gasteiger partial charge in [-0.05, 0) is 24.6 Å². The summed E-state index contributed by atoms with van der Waals surface area (Å²) in [5, 5.41) is 8.67. The molecule has 1 rings (SSSR count). The molecular formula is C11H15FO3. The molecule has 0 bridgehead atoms. The fourth-order valence-electron chi connectivity index (χ4n) is 0.991. The van der Waals surface area contributed by atoms with Gasteiger partial charge in [-0.25, -0.2) is 9.18 Å². The molecule has 0 unspecified atom stereocenters. The second-order valence-electron chi connectivity index (χ2n) is 2.61. The summed E-state index contributed by atoms with van der Waals surface area (Å²) >= 11 is 0. The number of halogens is 1. The van der Waals surface area contributed by atoms with E-state index in [0.29, 0.717) is 5.56 Å². The molecule has 1 aromatic carbocycles. The van der Waals surface area contributed by atoms with Gasteiger partial charge in [0, 0.05) is 0 Å². The molecule has 0 fully saturated rings. The first-order valence-corrected chi connectivity index (χ1v) is 4.63. The molecule has 4 heteroatoms. The van der Waals surface area contributed by atoms with E-state index in [9.17, 15) is 9.18 Å².